The number of hydrogen-bond donors (Lipinski definition) is 1. The number of hydrogen-bond acceptors (Lipinski definition) is 4. The number of nitrogens with one attached hydrogen (secondary N) is 1. The molecule has 0 bridgehead atoms. The topological polar surface area (TPSA) is 71.5 Å². The predicted molar refractivity (Wildman–Crippen MR) is 93.8 cm³/mol. The quantitative estimate of drug-likeness (QED) is 0.865. The van der Waals surface area contributed by atoms with Crippen LogP contribution in [-0.2, 0) is 6.54 Å². The number of aryl methyl sites for hydroxylation is 1. The average Bonchev–Trinajstić information content (AvgIpc) is 2.98. The van der Waals surface area contributed by atoms with Gasteiger partial charge >= 0.3 is 6.36 Å². The van der Waals surface area contributed by atoms with E-state index in [1.54, 1.807) is 24.0 Å². The largest absolute Gasteiger partial charge is 0.573 e. The molecule has 0 spiro atoms. The Balaban J connectivity index is 1.88. The van der Waals surface area contributed by atoms with Gasteiger partial charge in [-0.3, -0.25) is 14.6 Å². The average molecular weight is 393 g/mol. The number of carbonyl (C=O) groups is 2. The molecule has 0 saturated heterocycles. The zero-order chi connectivity index (χ0) is 20.6. The third-order valence-corrected chi connectivity index (χ3v) is 4.69. The zero-order valence-corrected chi connectivity index (χ0v) is 15.4. The van der Waals surface area contributed by atoms with E-state index in [1.165, 1.54) is 32.3 Å². The van der Waals surface area contributed by atoms with E-state index >= 15 is 0 Å². The van der Waals surface area contributed by atoms with Crippen LogP contribution in [0.4, 0.5) is 13.2 Å². The summed E-state index contributed by atoms with van der Waals surface area (Å²) in [4.78, 5) is 30.4. The number of halogens is 3. The van der Waals surface area contributed by atoms with Crippen LogP contribution in [0, 0.1) is 6.92 Å². The van der Waals surface area contributed by atoms with Crippen molar-refractivity contribution in [3.63, 3.8) is 0 Å². The molecule has 1 aromatic carbocycles. The van der Waals surface area contributed by atoms with Crippen molar-refractivity contribution in [2.75, 3.05) is 7.05 Å². The van der Waals surface area contributed by atoms with Crippen molar-refractivity contribution in [2.24, 2.45) is 0 Å². The molecule has 1 N–H and O–H groups in total. The van der Waals surface area contributed by atoms with Gasteiger partial charge in [-0.15, -0.1) is 13.2 Å². The lowest BCUT2D eigenvalue weighted by atomic mass is 10.0. The van der Waals surface area contributed by atoms with Gasteiger partial charge in [0.2, 0.25) is 0 Å². The minimum Gasteiger partial charge on any atom is -0.406 e. The van der Waals surface area contributed by atoms with Crippen molar-refractivity contribution < 1.29 is 27.5 Å². The van der Waals surface area contributed by atoms with E-state index in [1.807, 2.05) is 0 Å². The number of benzene rings is 1. The number of alkyl halides is 3. The molecule has 1 aliphatic heterocycles. The molecule has 148 valence electrons. The van der Waals surface area contributed by atoms with Crippen LogP contribution in [0.1, 0.15) is 50.5 Å². The fraction of sp³-hybridized carbons (Fsp3) is 0.316. The molecular formula is C19H18F3N3O3. The molecule has 9 heteroatoms. The van der Waals surface area contributed by atoms with E-state index in [2.05, 4.69) is 15.0 Å². The van der Waals surface area contributed by atoms with Gasteiger partial charge in [-0.2, -0.15) is 0 Å². The van der Waals surface area contributed by atoms with Crippen molar-refractivity contribution in [1.29, 1.82) is 0 Å². The molecule has 1 aliphatic rings. The molecule has 1 atom stereocenters. The second kappa shape index (κ2) is 7.14. The molecule has 0 aliphatic carbocycles. The Labute approximate surface area is 159 Å². The molecule has 1 unspecified atom stereocenters. The zero-order valence-electron chi connectivity index (χ0n) is 15.4. The number of fused-ring (bicyclic) bond motifs is 1. The number of rotatable bonds is 4. The van der Waals surface area contributed by atoms with Crippen LogP contribution >= 0.6 is 0 Å². The van der Waals surface area contributed by atoms with E-state index in [9.17, 15) is 22.8 Å². The maximum absolute atomic E-state index is 12.8. The van der Waals surface area contributed by atoms with Gasteiger partial charge in [0.05, 0.1) is 6.04 Å². The SMILES string of the molecule is CNC(=O)c1nccc2c1CN(C(C)c1ccc(OC(F)(F)F)c(C)c1)C2=O. The second-order valence-electron chi connectivity index (χ2n) is 6.45. The van der Waals surface area contributed by atoms with Crippen LogP contribution < -0.4 is 10.1 Å². The lowest BCUT2D eigenvalue weighted by Crippen LogP contribution is -2.27. The molecule has 2 heterocycles. The fourth-order valence-electron chi connectivity index (χ4n) is 3.23. The van der Waals surface area contributed by atoms with Crippen molar-refractivity contribution in [3.8, 4) is 5.75 Å². The monoisotopic (exact) mass is 393 g/mol. The lowest BCUT2D eigenvalue weighted by Gasteiger charge is -2.25. The third-order valence-electron chi connectivity index (χ3n) is 4.69. The fourth-order valence-corrected chi connectivity index (χ4v) is 3.23. The van der Waals surface area contributed by atoms with Crippen LogP contribution in [0.3, 0.4) is 0 Å². The summed E-state index contributed by atoms with van der Waals surface area (Å²) in [5.74, 6) is -0.933. The van der Waals surface area contributed by atoms with Gasteiger partial charge < -0.3 is 15.0 Å². The third kappa shape index (κ3) is 3.64. The molecule has 28 heavy (non-hydrogen) atoms. The Kier molecular flexibility index (Phi) is 5.01. The van der Waals surface area contributed by atoms with E-state index in [0.29, 0.717) is 22.3 Å². The highest BCUT2D eigenvalue weighted by molar-refractivity contribution is 6.03. The van der Waals surface area contributed by atoms with E-state index < -0.39 is 12.4 Å². The maximum atomic E-state index is 12.8. The van der Waals surface area contributed by atoms with Crippen molar-refractivity contribution >= 4 is 11.8 Å². The summed E-state index contributed by atoms with van der Waals surface area (Å²) in [5.41, 5.74) is 2.08. The minimum atomic E-state index is -4.77. The first-order valence-electron chi connectivity index (χ1n) is 8.49. The van der Waals surface area contributed by atoms with Gasteiger partial charge in [0, 0.05) is 30.9 Å². The Morgan fingerprint density at radius 3 is 2.64 bits per heavy atom. The van der Waals surface area contributed by atoms with Crippen LogP contribution in [0.2, 0.25) is 0 Å². The van der Waals surface area contributed by atoms with Gasteiger partial charge in [0.1, 0.15) is 11.4 Å². The summed E-state index contributed by atoms with van der Waals surface area (Å²) in [7, 11) is 1.48. The number of carbonyl (C=O) groups excluding carboxylic acids is 2. The number of aromatic nitrogens is 1. The molecule has 1 aromatic heterocycles. The minimum absolute atomic E-state index is 0.186. The van der Waals surface area contributed by atoms with Gasteiger partial charge in [-0.1, -0.05) is 12.1 Å². The standard InChI is InChI=1S/C19H18F3N3O3/c1-10-8-12(4-5-15(10)28-19(20,21)22)11(2)25-9-14-13(18(25)27)6-7-24-16(14)17(26)23-3/h4-8,11H,9H2,1-3H3,(H,23,26). The van der Waals surface area contributed by atoms with Gasteiger partial charge in [-0.05, 0) is 37.1 Å². The highest BCUT2D eigenvalue weighted by Crippen LogP contribution is 2.34. The molecule has 0 saturated carbocycles. The van der Waals surface area contributed by atoms with Crippen LogP contribution in [0.25, 0.3) is 0 Å². The van der Waals surface area contributed by atoms with E-state index in [0.717, 1.165) is 0 Å². The molecule has 3 rings (SSSR count). The highest BCUT2D eigenvalue weighted by atomic mass is 19.4. The molecule has 2 aromatic rings. The van der Waals surface area contributed by atoms with Crippen LogP contribution in [0.5, 0.6) is 5.75 Å². The van der Waals surface area contributed by atoms with Crippen molar-refractivity contribution in [2.45, 2.75) is 32.8 Å². The summed E-state index contributed by atoms with van der Waals surface area (Å²) in [6, 6.07) is 5.42. The molecular weight excluding hydrogens is 375 g/mol. The Bertz CT molecular complexity index is 944. The van der Waals surface area contributed by atoms with E-state index in [-0.39, 0.29) is 29.8 Å². The van der Waals surface area contributed by atoms with Crippen molar-refractivity contribution in [3.05, 3.63) is 58.4 Å². The number of amides is 2. The summed E-state index contributed by atoms with van der Waals surface area (Å²) in [6.45, 7) is 3.47. The smallest absolute Gasteiger partial charge is 0.406 e. The summed E-state index contributed by atoms with van der Waals surface area (Å²) < 4.78 is 41.3. The predicted octanol–water partition coefficient (Wildman–Crippen LogP) is 3.37. The number of pyridine rings is 1. The molecule has 2 amide bonds. The van der Waals surface area contributed by atoms with Crippen LogP contribution in [-0.4, -0.2) is 35.1 Å². The van der Waals surface area contributed by atoms with Crippen LogP contribution in [0.15, 0.2) is 30.5 Å². The molecule has 6 nitrogen and oxygen atoms in total. The summed E-state index contributed by atoms with van der Waals surface area (Å²) in [6.07, 6.45) is -3.36. The summed E-state index contributed by atoms with van der Waals surface area (Å²) >= 11 is 0. The Morgan fingerprint density at radius 2 is 2.04 bits per heavy atom. The first-order chi connectivity index (χ1) is 13.1. The molecule has 0 fully saturated rings. The Hall–Kier alpha value is -3.10. The lowest BCUT2D eigenvalue weighted by molar-refractivity contribution is -0.274. The summed E-state index contributed by atoms with van der Waals surface area (Å²) in [5, 5.41) is 2.50. The maximum Gasteiger partial charge on any atom is 0.573 e. The first kappa shape index (κ1) is 19.7. The first-order valence-corrected chi connectivity index (χ1v) is 8.49. The van der Waals surface area contributed by atoms with E-state index in [4.69, 9.17) is 0 Å². The van der Waals surface area contributed by atoms with Crippen molar-refractivity contribution in [1.82, 2.24) is 15.2 Å². The van der Waals surface area contributed by atoms with Gasteiger partial charge in [0.25, 0.3) is 11.8 Å². The number of nitrogens with zero attached hydrogens (tertiary/aromatic N) is 2. The normalized spacial score (nSPS) is 14.6. The molecule has 0 radical (unpaired) electrons. The second-order valence-corrected chi connectivity index (χ2v) is 6.45. The highest BCUT2D eigenvalue weighted by Gasteiger charge is 2.35. The van der Waals surface area contributed by atoms with Gasteiger partial charge in [0.15, 0.2) is 0 Å². The van der Waals surface area contributed by atoms with Gasteiger partial charge in [-0.25, -0.2) is 0 Å². The Morgan fingerprint density at radius 1 is 1.32 bits per heavy atom. The number of ether oxygens (including phenoxy) is 1.